The van der Waals surface area contributed by atoms with Crippen LogP contribution in [-0.2, 0) is 5.41 Å². The van der Waals surface area contributed by atoms with E-state index in [0.717, 1.165) is 34.5 Å². The Hall–Kier alpha value is -4.37. The van der Waals surface area contributed by atoms with Crippen molar-refractivity contribution in [3.05, 3.63) is 126 Å². The molecule has 0 radical (unpaired) electrons. The highest BCUT2D eigenvalue weighted by molar-refractivity contribution is 5.89. The molecule has 1 spiro atoms. The van der Waals surface area contributed by atoms with E-state index in [1.165, 1.54) is 65.4 Å². The zero-order valence-electron chi connectivity index (χ0n) is 24.7. The Bertz CT molecular complexity index is 2140. The molecule has 0 saturated heterocycles. The predicted octanol–water partition coefficient (Wildman–Crippen LogP) is 9.92. The number of allylic oxidation sites excluding steroid dienone is 1. The van der Waals surface area contributed by atoms with Crippen LogP contribution in [0.15, 0.2) is 108 Å². The molecule has 6 aromatic rings. The SMILES string of the molecule is C1=CC2C(c3cccc(-c4nc5ccccc5n4-c4ccccc4)c3C23C2CC4CC(C2)CC3C4)c2c1oc1ccccc21. The van der Waals surface area contributed by atoms with E-state index in [2.05, 4.69) is 114 Å². The highest BCUT2D eigenvalue weighted by Crippen LogP contribution is 2.73. The van der Waals surface area contributed by atoms with Crippen LogP contribution in [0.25, 0.3) is 45.2 Å². The maximum Gasteiger partial charge on any atom is 0.146 e. The van der Waals surface area contributed by atoms with Crippen molar-refractivity contribution in [2.24, 2.45) is 29.6 Å². The summed E-state index contributed by atoms with van der Waals surface area (Å²) in [5, 5.41) is 1.29. The molecular formula is C41H34N2O. The van der Waals surface area contributed by atoms with Crippen molar-refractivity contribution in [2.75, 3.05) is 0 Å². The van der Waals surface area contributed by atoms with Crippen LogP contribution >= 0.6 is 0 Å². The van der Waals surface area contributed by atoms with Gasteiger partial charge in [0.1, 0.15) is 17.2 Å². The van der Waals surface area contributed by atoms with Gasteiger partial charge in [-0.2, -0.15) is 0 Å². The lowest BCUT2D eigenvalue weighted by molar-refractivity contribution is -0.0760. The molecule has 44 heavy (non-hydrogen) atoms. The number of hydrogen-bond acceptors (Lipinski definition) is 2. The summed E-state index contributed by atoms with van der Waals surface area (Å²) in [6.45, 7) is 0. The molecule has 12 rings (SSSR count). The van der Waals surface area contributed by atoms with E-state index in [9.17, 15) is 0 Å². The van der Waals surface area contributed by atoms with Crippen molar-refractivity contribution in [1.29, 1.82) is 0 Å². The summed E-state index contributed by atoms with van der Waals surface area (Å²) < 4.78 is 8.96. The first kappa shape index (κ1) is 24.0. The van der Waals surface area contributed by atoms with Gasteiger partial charge < -0.3 is 4.42 Å². The molecule has 2 unspecified atom stereocenters. The van der Waals surface area contributed by atoms with Gasteiger partial charge in [-0.15, -0.1) is 0 Å². The normalized spacial score (nSPS) is 30.7. The smallest absolute Gasteiger partial charge is 0.146 e. The monoisotopic (exact) mass is 570 g/mol. The fraction of sp³-hybridized carbons (Fsp3) is 0.293. The Labute approximate surface area is 257 Å². The summed E-state index contributed by atoms with van der Waals surface area (Å²) in [6.07, 6.45) is 11.9. The fourth-order valence-electron chi connectivity index (χ4n) is 11.4. The van der Waals surface area contributed by atoms with Crippen LogP contribution in [0, 0.1) is 29.6 Å². The van der Waals surface area contributed by atoms with Crippen molar-refractivity contribution >= 4 is 28.1 Å². The van der Waals surface area contributed by atoms with Crippen LogP contribution in [0.3, 0.4) is 0 Å². The average molecular weight is 571 g/mol. The average Bonchev–Trinajstić information content (AvgIpc) is 3.72. The van der Waals surface area contributed by atoms with Crippen molar-refractivity contribution in [2.45, 2.75) is 43.4 Å². The molecule has 3 nitrogen and oxygen atoms in total. The number of para-hydroxylation sites is 4. The molecule has 4 saturated carbocycles. The molecule has 0 amide bonds. The molecule has 0 N–H and O–H groups in total. The molecule has 2 atom stereocenters. The zero-order chi connectivity index (χ0) is 28.6. The van der Waals surface area contributed by atoms with E-state index in [-0.39, 0.29) is 5.41 Å². The highest BCUT2D eigenvalue weighted by Gasteiger charge is 2.66. The van der Waals surface area contributed by atoms with E-state index < -0.39 is 0 Å². The summed E-state index contributed by atoms with van der Waals surface area (Å²) in [5.41, 5.74) is 10.4. The van der Waals surface area contributed by atoms with Crippen LogP contribution in [0.5, 0.6) is 0 Å². The summed E-state index contributed by atoms with van der Waals surface area (Å²) in [4.78, 5) is 5.46. The summed E-state index contributed by atoms with van der Waals surface area (Å²) in [7, 11) is 0. The number of furan rings is 1. The van der Waals surface area contributed by atoms with Gasteiger partial charge >= 0.3 is 0 Å². The molecule has 6 aliphatic rings. The summed E-state index contributed by atoms with van der Waals surface area (Å²) in [6, 6.07) is 35.4. The van der Waals surface area contributed by atoms with Gasteiger partial charge in [0, 0.05) is 33.5 Å². The molecule has 214 valence electrons. The van der Waals surface area contributed by atoms with Crippen LogP contribution in [0.4, 0.5) is 0 Å². The second kappa shape index (κ2) is 8.41. The largest absolute Gasteiger partial charge is 0.456 e. The lowest BCUT2D eigenvalue weighted by atomic mass is 9.41. The zero-order valence-corrected chi connectivity index (χ0v) is 24.7. The molecule has 3 heteroatoms. The van der Waals surface area contributed by atoms with Gasteiger partial charge in [-0.25, -0.2) is 4.98 Å². The van der Waals surface area contributed by atoms with Gasteiger partial charge in [0.2, 0.25) is 0 Å². The first-order chi connectivity index (χ1) is 21.8. The minimum absolute atomic E-state index is 0.121. The van der Waals surface area contributed by atoms with E-state index in [1.807, 2.05) is 0 Å². The van der Waals surface area contributed by atoms with Crippen LogP contribution in [0.2, 0.25) is 0 Å². The standard InChI is InChI=1S/C41H34N2O/c1-2-9-28(10-3-1)43-34-15-6-5-14-33(34)42-40(43)31-13-8-12-30-37-32(17-18-36-38(37)29-11-4-7-16-35(29)44-36)41(39(30)31)26-20-24-19-25(22-26)23-27(41)21-24/h1-18,24-27,32,37H,19-23H2. The van der Waals surface area contributed by atoms with Crippen molar-refractivity contribution in [3.63, 3.8) is 0 Å². The highest BCUT2D eigenvalue weighted by atomic mass is 16.3. The molecular weight excluding hydrogens is 536 g/mol. The van der Waals surface area contributed by atoms with Crippen LogP contribution < -0.4 is 0 Å². The maximum absolute atomic E-state index is 6.54. The number of nitrogens with zero attached hydrogens (tertiary/aromatic N) is 2. The number of benzene rings is 4. The number of rotatable bonds is 2. The number of imidazole rings is 1. The Kier molecular flexibility index (Phi) is 4.59. The molecule has 4 fully saturated rings. The van der Waals surface area contributed by atoms with E-state index >= 15 is 0 Å². The molecule has 4 bridgehead atoms. The molecule has 4 aromatic carbocycles. The Morgan fingerprint density at radius 3 is 2.32 bits per heavy atom. The van der Waals surface area contributed by atoms with Crippen molar-refractivity contribution < 1.29 is 4.42 Å². The number of aromatic nitrogens is 2. The maximum atomic E-state index is 6.54. The second-order valence-corrected chi connectivity index (χ2v) is 14.3. The quantitative estimate of drug-likeness (QED) is 0.207. The van der Waals surface area contributed by atoms with Crippen molar-refractivity contribution in [1.82, 2.24) is 9.55 Å². The van der Waals surface area contributed by atoms with E-state index in [1.54, 1.807) is 5.56 Å². The third kappa shape index (κ3) is 2.87. The van der Waals surface area contributed by atoms with Gasteiger partial charge in [-0.05, 0) is 109 Å². The van der Waals surface area contributed by atoms with Crippen molar-refractivity contribution in [3.8, 4) is 17.1 Å². The third-order valence-corrected chi connectivity index (χ3v) is 12.5. The van der Waals surface area contributed by atoms with Gasteiger partial charge in [0.25, 0.3) is 0 Å². The topological polar surface area (TPSA) is 31.0 Å². The number of hydrogen-bond donors (Lipinski definition) is 0. The van der Waals surface area contributed by atoms with Gasteiger partial charge in [-0.1, -0.05) is 72.8 Å². The van der Waals surface area contributed by atoms with Gasteiger partial charge in [0.15, 0.2) is 0 Å². The third-order valence-electron chi connectivity index (χ3n) is 12.5. The second-order valence-electron chi connectivity index (χ2n) is 14.3. The molecule has 2 aromatic heterocycles. The summed E-state index contributed by atoms with van der Waals surface area (Å²) in [5.74, 6) is 6.13. The molecule has 0 aliphatic heterocycles. The van der Waals surface area contributed by atoms with Crippen LogP contribution in [-0.4, -0.2) is 9.55 Å². The lowest BCUT2D eigenvalue weighted by Crippen LogP contribution is -2.58. The van der Waals surface area contributed by atoms with E-state index in [0.29, 0.717) is 23.7 Å². The Balaban J connectivity index is 1.25. The molecule has 6 aliphatic carbocycles. The first-order valence-electron chi connectivity index (χ1n) is 16.7. The predicted molar refractivity (Wildman–Crippen MR) is 176 cm³/mol. The Morgan fingerprint density at radius 2 is 1.48 bits per heavy atom. The lowest BCUT2D eigenvalue weighted by Gasteiger charge is -2.63. The van der Waals surface area contributed by atoms with Gasteiger partial charge in [-0.3, -0.25) is 4.57 Å². The Morgan fingerprint density at radius 1 is 0.727 bits per heavy atom. The summed E-state index contributed by atoms with van der Waals surface area (Å²) >= 11 is 0. The fourth-order valence-corrected chi connectivity index (χ4v) is 11.4. The van der Waals surface area contributed by atoms with Crippen LogP contribution in [0.1, 0.15) is 60.5 Å². The number of fused-ring (bicyclic) bond motifs is 8. The first-order valence-corrected chi connectivity index (χ1v) is 16.7. The minimum Gasteiger partial charge on any atom is -0.456 e. The molecule has 2 heterocycles. The van der Waals surface area contributed by atoms with E-state index in [4.69, 9.17) is 9.40 Å². The minimum atomic E-state index is 0.121. The van der Waals surface area contributed by atoms with Gasteiger partial charge in [0.05, 0.1) is 11.0 Å².